The molecule has 0 N–H and O–H groups in total. The summed E-state index contributed by atoms with van der Waals surface area (Å²) in [5.41, 5.74) is 1.20. The van der Waals surface area contributed by atoms with Crippen LogP contribution in [0, 0.1) is 0 Å². The second kappa shape index (κ2) is 8.18. The quantitative estimate of drug-likeness (QED) is 0.477. The molecule has 0 amide bonds. The Morgan fingerprint density at radius 2 is 1.78 bits per heavy atom. The van der Waals surface area contributed by atoms with Crippen molar-refractivity contribution in [1.29, 1.82) is 0 Å². The molecule has 0 aliphatic heterocycles. The van der Waals surface area contributed by atoms with Gasteiger partial charge in [0.2, 0.25) is 5.78 Å². The van der Waals surface area contributed by atoms with E-state index in [1.165, 1.54) is 6.07 Å². The van der Waals surface area contributed by atoms with Crippen LogP contribution in [0.4, 0.5) is 0 Å². The summed E-state index contributed by atoms with van der Waals surface area (Å²) in [6.07, 6.45) is 0.668. The van der Waals surface area contributed by atoms with Crippen LogP contribution in [0.15, 0.2) is 59.4 Å². The highest BCUT2D eigenvalue weighted by Gasteiger charge is 2.18. The number of para-hydroxylation sites is 1. The molecule has 0 saturated heterocycles. The van der Waals surface area contributed by atoms with Crippen LogP contribution in [-0.2, 0) is 16.1 Å². The fraction of sp³-hybridized carbons (Fsp3) is 0.190. The number of hydrogen-bond acceptors (Lipinski definition) is 4. The number of nitrogens with zero attached hydrogens (tertiary/aromatic N) is 1. The number of ketones is 1. The Morgan fingerprint density at radius 3 is 2.48 bits per heavy atom. The van der Waals surface area contributed by atoms with Crippen molar-refractivity contribution < 1.29 is 14.3 Å². The maximum Gasteiger partial charge on any atom is 0.380 e. The maximum absolute atomic E-state index is 12.7. The summed E-state index contributed by atoms with van der Waals surface area (Å²) in [6.45, 7) is 2.15. The molecule has 0 atom stereocenters. The van der Waals surface area contributed by atoms with Gasteiger partial charge in [-0.1, -0.05) is 42.8 Å². The van der Waals surface area contributed by atoms with Gasteiger partial charge in [0.15, 0.2) is 0 Å². The lowest BCUT2D eigenvalue weighted by Crippen LogP contribution is -2.24. The molecule has 0 unspecified atom stereocenters. The summed E-state index contributed by atoms with van der Waals surface area (Å²) in [5, 5.41) is 1.21. The summed E-state index contributed by atoms with van der Waals surface area (Å²) >= 11 is 5.91. The molecule has 3 aromatic rings. The zero-order valence-corrected chi connectivity index (χ0v) is 15.5. The van der Waals surface area contributed by atoms with Gasteiger partial charge in [0.25, 0.3) is 5.56 Å². The number of halogens is 1. The van der Waals surface area contributed by atoms with Crippen molar-refractivity contribution in [3.05, 3.63) is 75.5 Å². The molecule has 138 valence electrons. The SMILES string of the molecule is CCCC(=O)C(=O)Oc1cc(=O)n(Cc2ccc(Cl)cc2)c2ccccc12. The number of benzene rings is 2. The number of aromatic nitrogens is 1. The van der Waals surface area contributed by atoms with Crippen LogP contribution < -0.4 is 10.3 Å². The highest BCUT2D eigenvalue weighted by atomic mass is 35.5. The Balaban J connectivity index is 2.02. The third-order valence-corrected chi connectivity index (χ3v) is 4.39. The summed E-state index contributed by atoms with van der Waals surface area (Å²) in [7, 11) is 0. The molecular weight excluding hydrogens is 366 g/mol. The molecular formula is C21H18ClNO4. The second-order valence-electron chi connectivity index (χ2n) is 6.14. The minimum Gasteiger partial charge on any atom is -0.420 e. The van der Waals surface area contributed by atoms with Crippen LogP contribution in [0.1, 0.15) is 25.3 Å². The molecule has 1 heterocycles. The van der Waals surface area contributed by atoms with Crippen LogP contribution in [0.25, 0.3) is 10.9 Å². The summed E-state index contributed by atoms with van der Waals surface area (Å²) in [6, 6.07) is 15.6. The molecule has 0 fully saturated rings. The summed E-state index contributed by atoms with van der Waals surface area (Å²) in [5.74, 6) is -1.46. The van der Waals surface area contributed by atoms with E-state index in [-0.39, 0.29) is 17.7 Å². The molecule has 0 aliphatic carbocycles. The lowest BCUT2D eigenvalue weighted by molar-refractivity contribution is -0.147. The van der Waals surface area contributed by atoms with E-state index in [2.05, 4.69) is 0 Å². The Labute approximate surface area is 161 Å². The zero-order valence-electron chi connectivity index (χ0n) is 14.8. The molecule has 1 aromatic heterocycles. The van der Waals surface area contributed by atoms with Gasteiger partial charge in [0, 0.05) is 22.9 Å². The average molecular weight is 384 g/mol. The van der Waals surface area contributed by atoms with Crippen LogP contribution in [-0.4, -0.2) is 16.3 Å². The Kier molecular flexibility index (Phi) is 5.72. The minimum absolute atomic E-state index is 0.0948. The van der Waals surface area contributed by atoms with Gasteiger partial charge in [0.1, 0.15) is 5.75 Å². The summed E-state index contributed by atoms with van der Waals surface area (Å²) < 4.78 is 6.81. The van der Waals surface area contributed by atoms with Crippen molar-refractivity contribution in [3.63, 3.8) is 0 Å². The predicted octanol–water partition coefficient (Wildman–Crippen LogP) is 3.98. The van der Waals surface area contributed by atoms with E-state index in [9.17, 15) is 14.4 Å². The lowest BCUT2D eigenvalue weighted by Gasteiger charge is -2.13. The van der Waals surface area contributed by atoms with Gasteiger partial charge < -0.3 is 9.30 Å². The minimum atomic E-state index is -0.947. The highest BCUT2D eigenvalue weighted by Crippen LogP contribution is 2.24. The van der Waals surface area contributed by atoms with Crippen molar-refractivity contribution in [1.82, 2.24) is 4.57 Å². The van der Waals surface area contributed by atoms with Gasteiger partial charge in [-0.05, 0) is 36.2 Å². The van der Waals surface area contributed by atoms with Crippen molar-refractivity contribution in [2.45, 2.75) is 26.3 Å². The Hall–Kier alpha value is -2.92. The van der Waals surface area contributed by atoms with E-state index >= 15 is 0 Å². The van der Waals surface area contributed by atoms with Crippen molar-refractivity contribution in [2.24, 2.45) is 0 Å². The third-order valence-electron chi connectivity index (χ3n) is 4.14. The number of pyridine rings is 1. The Bertz CT molecular complexity index is 1050. The molecule has 5 nitrogen and oxygen atoms in total. The first kappa shape index (κ1) is 18.9. The van der Waals surface area contributed by atoms with Gasteiger partial charge >= 0.3 is 5.97 Å². The predicted molar refractivity (Wildman–Crippen MR) is 104 cm³/mol. The number of carbonyl (C=O) groups excluding carboxylic acids is 2. The largest absolute Gasteiger partial charge is 0.420 e. The molecule has 2 aromatic carbocycles. The highest BCUT2D eigenvalue weighted by molar-refractivity contribution is 6.34. The maximum atomic E-state index is 12.7. The Morgan fingerprint density at radius 1 is 1.07 bits per heavy atom. The van der Waals surface area contributed by atoms with Gasteiger partial charge in [-0.15, -0.1) is 0 Å². The van der Waals surface area contributed by atoms with E-state index in [1.807, 2.05) is 12.1 Å². The average Bonchev–Trinajstić information content (AvgIpc) is 2.66. The number of rotatable bonds is 6. The third kappa shape index (κ3) is 4.26. The molecule has 0 bridgehead atoms. The van der Waals surface area contributed by atoms with Crippen LogP contribution in [0.3, 0.4) is 0 Å². The number of ether oxygens (including phenoxy) is 1. The summed E-state index contributed by atoms with van der Waals surface area (Å²) in [4.78, 5) is 36.4. The van der Waals surface area contributed by atoms with Crippen LogP contribution in [0.5, 0.6) is 5.75 Å². The number of esters is 1. The normalized spacial score (nSPS) is 10.7. The van der Waals surface area contributed by atoms with Crippen molar-refractivity contribution in [3.8, 4) is 5.75 Å². The standard InChI is InChI=1S/C21H18ClNO4/c1-2-5-18(24)21(26)27-19-12-20(25)23(17-7-4-3-6-16(17)19)13-14-8-10-15(22)11-9-14/h3-4,6-12H,2,5,13H2,1H3. The monoisotopic (exact) mass is 383 g/mol. The topological polar surface area (TPSA) is 65.4 Å². The van der Waals surface area contributed by atoms with E-state index in [0.717, 1.165) is 5.56 Å². The molecule has 0 radical (unpaired) electrons. The van der Waals surface area contributed by atoms with E-state index in [1.54, 1.807) is 47.9 Å². The number of fused-ring (bicyclic) bond motifs is 1. The second-order valence-corrected chi connectivity index (χ2v) is 6.58. The van der Waals surface area contributed by atoms with E-state index in [4.69, 9.17) is 16.3 Å². The molecule has 6 heteroatoms. The molecule has 0 saturated carbocycles. The number of carbonyl (C=O) groups is 2. The van der Waals surface area contributed by atoms with Gasteiger partial charge in [-0.25, -0.2) is 4.79 Å². The molecule has 0 aliphatic rings. The van der Waals surface area contributed by atoms with Gasteiger partial charge in [-0.3, -0.25) is 9.59 Å². The first-order chi connectivity index (χ1) is 13.0. The van der Waals surface area contributed by atoms with Gasteiger partial charge in [0.05, 0.1) is 12.1 Å². The van der Waals surface area contributed by atoms with Crippen molar-refractivity contribution in [2.75, 3.05) is 0 Å². The fourth-order valence-electron chi connectivity index (χ4n) is 2.81. The van der Waals surface area contributed by atoms with E-state index < -0.39 is 11.8 Å². The first-order valence-electron chi connectivity index (χ1n) is 8.61. The molecule has 3 rings (SSSR count). The van der Waals surface area contributed by atoms with E-state index in [0.29, 0.717) is 28.9 Å². The fourth-order valence-corrected chi connectivity index (χ4v) is 2.94. The van der Waals surface area contributed by atoms with Crippen LogP contribution in [0.2, 0.25) is 5.02 Å². The molecule has 27 heavy (non-hydrogen) atoms. The first-order valence-corrected chi connectivity index (χ1v) is 8.99. The van der Waals surface area contributed by atoms with Gasteiger partial charge in [-0.2, -0.15) is 0 Å². The zero-order chi connectivity index (χ0) is 19.4. The number of hydrogen-bond donors (Lipinski definition) is 0. The number of Topliss-reactive ketones (excluding diaryl/α,β-unsaturated/α-hetero) is 1. The lowest BCUT2D eigenvalue weighted by atomic mass is 10.1. The van der Waals surface area contributed by atoms with Crippen molar-refractivity contribution >= 4 is 34.3 Å². The van der Waals surface area contributed by atoms with Crippen LogP contribution >= 0.6 is 11.6 Å². The molecule has 0 spiro atoms. The smallest absolute Gasteiger partial charge is 0.380 e.